The fourth-order valence-corrected chi connectivity index (χ4v) is 2.65. The number of aliphatic hydroxyl groups is 1. The van der Waals surface area contributed by atoms with Crippen LogP contribution < -0.4 is 0 Å². The van der Waals surface area contributed by atoms with Crippen molar-refractivity contribution >= 4 is 0 Å². The fraction of sp³-hybridized carbons (Fsp3) is 0.727. The summed E-state index contributed by atoms with van der Waals surface area (Å²) in [7, 11) is 0. The van der Waals surface area contributed by atoms with Crippen LogP contribution in [0.4, 0.5) is 13.2 Å². The highest BCUT2D eigenvalue weighted by Crippen LogP contribution is 2.24. The smallest absolute Gasteiger partial charge is 0.384 e. The second-order valence-electron chi connectivity index (χ2n) is 6.76. The standard InChI is InChI=1S/C22H37F3O/c1-2-3-4-5-6-7-8-9-10-11-12-13-14-15-16-17-18-19-20-21(26)22(23,24)25/h3-4,6-7,9-10,21,26H,2,5,8,11-20H2,1H3/b4-3-,7-6-,10-9-. The second-order valence-corrected chi connectivity index (χ2v) is 6.76. The zero-order valence-corrected chi connectivity index (χ0v) is 16.3. The Balaban J connectivity index is 3.29. The number of unbranched alkanes of at least 4 members (excludes halogenated alkanes) is 8. The topological polar surface area (TPSA) is 20.2 Å². The molecular formula is C22H37F3O. The summed E-state index contributed by atoms with van der Waals surface area (Å²) in [5, 5.41) is 8.88. The largest absolute Gasteiger partial charge is 0.414 e. The monoisotopic (exact) mass is 374 g/mol. The van der Waals surface area contributed by atoms with Crippen molar-refractivity contribution in [3.8, 4) is 0 Å². The summed E-state index contributed by atoms with van der Waals surface area (Å²) >= 11 is 0. The van der Waals surface area contributed by atoms with Gasteiger partial charge in [0.05, 0.1) is 0 Å². The minimum atomic E-state index is -4.46. The normalized spacial score (nSPS) is 14.2. The Hall–Kier alpha value is -1.03. The molecule has 0 amide bonds. The van der Waals surface area contributed by atoms with Crippen molar-refractivity contribution in [3.05, 3.63) is 36.5 Å². The van der Waals surface area contributed by atoms with Crippen molar-refractivity contribution in [2.45, 2.75) is 103 Å². The lowest BCUT2D eigenvalue weighted by Crippen LogP contribution is -2.28. The van der Waals surface area contributed by atoms with E-state index in [0.717, 1.165) is 51.4 Å². The molecule has 152 valence electrons. The number of hydrogen-bond donors (Lipinski definition) is 1. The molecule has 1 N–H and O–H groups in total. The zero-order chi connectivity index (χ0) is 19.5. The van der Waals surface area contributed by atoms with Gasteiger partial charge in [0, 0.05) is 0 Å². The zero-order valence-electron chi connectivity index (χ0n) is 16.3. The van der Waals surface area contributed by atoms with Crippen LogP contribution in [0.2, 0.25) is 0 Å². The van der Waals surface area contributed by atoms with Crippen LogP contribution in [0.25, 0.3) is 0 Å². The van der Waals surface area contributed by atoms with E-state index in [-0.39, 0.29) is 6.42 Å². The molecule has 4 heteroatoms. The van der Waals surface area contributed by atoms with E-state index in [9.17, 15) is 13.2 Å². The van der Waals surface area contributed by atoms with Gasteiger partial charge >= 0.3 is 6.18 Å². The van der Waals surface area contributed by atoms with E-state index >= 15 is 0 Å². The molecule has 0 aliphatic rings. The Labute approximate surface area is 158 Å². The summed E-state index contributed by atoms with van der Waals surface area (Å²) in [4.78, 5) is 0. The molecule has 1 atom stereocenters. The minimum absolute atomic E-state index is 0.166. The van der Waals surface area contributed by atoms with Crippen LogP contribution in [0.1, 0.15) is 90.4 Å². The van der Waals surface area contributed by atoms with Crippen LogP contribution in [0, 0.1) is 0 Å². The van der Waals surface area contributed by atoms with Gasteiger partial charge in [-0.05, 0) is 38.5 Å². The Bertz CT molecular complexity index is 383. The van der Waals surface area contributed by atoms with Crippen molar-refractivity contribution in [3.63, 3.8) is 0 Å². The Kier molecular flexibility index (Phi) is 16.7. The van der Waals surface area contributed by atoms with Gasteiger partial charge in [-0.1, -0.05) is 88.3 Å². The van der Waals surface area contributed by atoms with E-state index in [1.54, 1.807) is 0 Å². The first kappa shape index (κ1) is 25.0. The first-order chi connectivity index (χ1) is 12.5. The molecule has 0 aromatic heterocycles. The summed E-state index contributed by atoms with van der Waals surface area (Å²) in [6.45, 7) is 2.14. The summed E-state index contributed by atoms with van der Waals surface area (Å²) < 4.78 is 36.3. The molecule has 0 heterocycles. The third-order valence-corrected chi connectivity index (χ3v) is 4.26. The van der Waals surface area contributed by atoms with E-state index in [1.165, 1.54) is 19.3 Å². The molecule has 0 fully saturated rings. The summed E-state index contributed by atoms with van der Waals surface area (Å²) in [5.41, 5.74) is 0. The molecule has 0 saturated heterocycles. The number of aliphatic hydroxyl groups excluding tert-OH is 1. The number of rotatable bonds is 16. The maximum absolute atomic E-state index is 12.1. The van der Waals surface area contributed by atoms with E-state index < -0.39 is 12.3 Å². The highest BCUT2D eigenvalue weighted by molar-refractivity contribution is 4.96. The Morgan fingerprint density at radius 2 is 1.15 bits per heavy atom. The van der Waals surface area contributed by atoms with E-state index in [2.05, 4.69) is 43.4 Å². The first-order valence-corrected chi connectivity index (χ1v) is 10.2. The second kappa shape index (κ2) is 17.4. The molecule has 0 bridgehead atoms. The number of halogens is 3. The van der Waals surface area contributed by atoms with Gasteiger partial charge in [-0.15, -0.1) is 0 Å². The molecule has 26 heavy (non-hydrogen) atoms. The molecule has 0 aliphatic carbocycles. The van der Waals surface area contributed by atoms with Crippen LogP contribution in [-0.4, -0.2) is 17.4 Å². The lowest BCUT2D eigenvalue weighted by atomic mass is 10.0. The first-order valence-electron chi connectivity index (χ1n) is 10.2. The SMILES string of the molecule is CC/C=C\C/C=C\C/C=C\CCCCCCCCCCC(O)C(F)(F)F. The Morgan fingerprint density at radius 3 is 1.69 bits per heavy atom. The number of alkyl halides is 3. The maximum Gasteiger partial charge on any atom is 0.414 e. The van der Waals surface area contributed by atoms with Crippen LogP contribution in [0.3, 0.4) is 0 Å². The van der Waals surface area contributed by atoms with Crippen molar-refractivity contribution in [2.75, 3.05) is 0 Å². The van der Waals surface area contributed by atoms with Gasteiger partial charge < -0.3 is 5.11 Å². The molecule has 0 aromatic rings. The van der Waals surface area contributed by atoms with Crippen LogP contribution >= 0.6 is 0 Å². The third kappa shape index (κ3) is 17.8. The van der Waals surface area contributed by atoms with Crippen molar-refractivity contribution in [1.29, 1.82) is 0 Å². The third-order valence-electron chi connectivity index (χ3n) is 4.26. The fourth-order valence-electron chi connectivity index (χ4n) is 2.65. The summed E-state index contributed by atoms with van der Waals surface area (Å²) in [6.07, 6.45) is 18.7. The molecule has 0 spiro atoms. The Morgan fingerprint density at radius 1 is 0.692 bits per heavy atom. The quantitative estimate of drug-likeness (QED) is 0.217. The predicted octanol–water partition coefficient (Wildman–Crippen LogP) is 7.67. The average Bonchev–Trinajstić information content (AvgIpc) is 2.59. The predicted molar refractivity (Wildman–Crippen MR) is 105 cm³/mol. The van der Waals surface area contributed by atoms with Gasteiger partial charge in [-0.3, -0.25) is 0 Å². The molecule has 0 aromatic carbocycles. The van der Waals surface area contributed by atoms with E-state index in [1.807, 2.05) is 0 Å². The van der Waals surface area contributed by atoms with Crippen LogP contribution in [-0.2, 0) is 0 Å². The highest BCUT2D eigenvalue weighted by Gasteiger charge is 2.37. The number of allylic oxidation sites excluding steroid dienone is 6. The van der Waals surface area contributed by atoms with E-state index in [0.29, 0.717) is 6.42 Å². The van der Waals surface area contributed by atoms with Gasteiger partial charge in [0.25, 0.3) is 0 Å². The van der Waals surface area contributed by atoms with Crippen molar-refractivity contribution < 1.29 is 18.3 Å². The molecule has 0 saturated carbocycles. The average molecular weight is 375 g/mol. The van der Waals surface area contributed by atoms with Gasteiger partial charge in [-0.2, -0.15) is 13.2 Å². The molecule has 1 unspecified atom stereocenters. The highest BCUT2D eigenvalue weighted by atomic mass is 19.4. The molecule has 0 rings (SSSR count). The summed E-state index contributed by atoms with van der Waals surface area (Å²) in [6, 6.07) is 0. The van der Waals surface area contributed by atoms with Gasteiger partial charge in [0.2, 0.25) is 0 Å². The van der Waals surface area contributed by atoms with Crippen LogP contribution in [0.15, 0.2) is 36.5 Å². The lowest BCUT2D eigenvalue weighted by molar-refractivity contribution is -0.205. The molecular weight excluding hydrogens is 337 g/mol. The minimum Gasteiger partial charge on any atom is -0.384 e. The molecule has 0 aliphatic heterocycles. The molecule has 0 radical (unpaired) electrons. The van der Waals surface area contributed by atoms with Crippen molar-refractivity contribution in [1.82, 2.24) is 0 Å². The van der Waals surface area contributed by atoms with E-state index in [4.69, 9.17) is 5.11 Å². The lowest BCUT2D eigenvalue weighted by Gasteiger charge is -2.13. The number of hydrogen-bond acceptors (Lipinski definition) is 1. The molecule has 1 nitrogen and oxygen atoms in total. The van der Waals surface area contributed by atoms with Gasteiger partial charge in [0.1, 0.15) is 6.10 Å². The van der Waals surface area contributed by atoms with Gasteiger partial charge in [0.15, 0.2) is 0 Å². The maximum atomic E-state index is 12.1. The van der Waals surface area contributed by atoms with Crippen molar-refractivity contribution in [2.24, 2.45) is 0 Å². The summed E-state index contributed by atoms with van der Waals surface area (Å²) in [5.74, 6) is 0. The van der Waals surface area contributed by atoms with Gasteiger partial charge in [-0.25, -0.2) is 0 Å². The van der Waals surface area contributed by atoms with Crippen LogP contribution in [0.5, 0.6) is 0 Å².